The van der Waals surface area contributed by atoms with Crippen LogP contribution in [-0.2, 0) is 10.8 Å². The fourth-order valence-corrected chi connectivity index (χ4v) is 1.99. The molecule has 0 aromatic heterocycles. The minimum absolute atomic E-state index is 0.0567. The summed E-state index contributed by atoms with van der Waals surface area (Å²) in [7, 11) is -0.974. The topological polar surface area (TPSA) is 78.4 Å². The molecular weight excluding hydrogens is 264 g/mol. The van der Waals surface area contributed by atoms with Gasteiger partial charge < -0.3 is 15.7 Å². The maximum absolute atomic E-state index is 11.8. The predicted molar refractivity (Wildman–Crippen MR) is 79.6 cm³/mol. The third-order valence-corrected chi connectivity index (χ3v) is 5.05. The summed E-state index contributed by atoms with van der Waals surface area (Å²) < 4.78 is 11.5. The summed E-state index contributed by atoms with van der Waals surface area (Å²) in [6.07, 6.45) is 0. The Labute approximate surface area is 119 Å². The van der Waals surface area contributed by atoms with Crippen LogP contribution in [0.5, 0.6) is 0 Å². The van der Waals surface area contributed by atoms with Gasteiger partial charge in [-0.1, -0.05) is 13.8 Å². The first-order valence-electron chi connectivity index (χ1n) is 6.59. The fourth-order valence-electron chi connectivity index (χ4n) is 1.09. The number of urea groups is 1. The van der Waals surface area contributed by atoms with E-state index >= 15 is 0 Å². The highest BCUT2D eigenvalue weighted by Crippen LogP contribution is 2.14. The second-order valence-corrected chi connectivity index (χ2v) is 8.61. The summed E-state index contributed by atoms with van der Waals surface area (Å²) in [5, 5.41) is 15.2. The van der Waals surface area contributed by atoms with Crippen molar-refractivity contribution < 1.29 is 14.1 Å². The summed E-state index contributed by atoms with van der Waals surface area (Å²) in [6.45, 7) is 11.7. The number of hydrogen-bond acceptors (Lipinski definition) is 3. The van der Waals surface area contributed by atoms with Gasteiger partial charge in [0.2, 0.25) is 0 Å². The Bertz CT molecular complexity index is 322. The molecule has 2 amide bonds. The quantitative estimate of drug-likeness (QED) is 0.689. The van der Waals surface area contributed by atoms with Gasteiger partial charge in [-0.3, -0.25) is 4.21 Å². The first-order valence-corrected chi connectivity index (χ1v) is 7.91. The van der Waals surface area contributed by atoms with E-state index in [0.717, 1.165) is 0 Å². The molecule has 0 saturated carbocycles. The van der Waals surface area contributed by atoms with E-state index in [9.17, 15) is 14.1 Å². The van der Waals surface area contributed by atoms with Gasteiger partial charge in [0.1, 0.15) is 0 Å². The van der Waals surface area contributed by atoms with E-state index in [2.05, 4.69) is 10.6 Å². The SMILES string of the molecule is CC(C)C(C)(O)CNC(=O)NCCS(=O)C(C)(C)C. The lowest BCUT2D eigenvalue weighted by Gasteiger charge is -2.27. The highest BCUT2D eigenvalue weighted by atomic mass is 32.2. The van der Waals surface area contributed by atoms with Gasteiger partial charge >= 0.3 is 6.03 Å². The second kappa shape index (κ2) is 7.24. The maximum Gasteiger partial charge on any atom is 0.314 e. The molecule has 2 unspecified atom stereocenters. The molecule has 3 N–H and O–H groups in total. The van der Waals surface area contributed by atoms with Crippen molar-refractivity contribution in [3.63, 3.8) is 0 Å². The van der Waals surface area contributed by atoms with Crippen LogP contribution in [0.3, 0.4) is 0 Å². The van der Waals surface area contributed by atoms with Gasteiger partial charge in [-0.2, -0.15) is 0 Å². The third-order valence-electron chi connectivity index (χ3n) is 3.11. The van der Waals surface area contributed by atoms with E-state index in [4.69, 9.17) is 0 Å². The minimum atomic E-state index is -0.974. The Kier molecular flexibility index (Phi) is 7.00. The van der Waals surface area contributed by atoms with Crippen molar-refractivity contribution in [2.24, 2.45) is 5.92 Å². The van der Waals surface area contributed by atoms with E-state index in [1.807, 2.05) is 34.6 Å². The van der Waals surface area contributed by atoms with Crippen LogP contribution in [0.2, 0.25) is 0 Å². The van der Waals surface area contributed by atoms with Crippen molar-refractivity contribution in [2.45, 2.75) is 51.9 Å². The van der Waals surface area contributed by atoms with E-state index in [1.165, 1.54) is 0 Å². The van der Waals surface area contributed by atoms with Crippen molar-refractivity contribution in [2.75, 3.05) is 18.8 Å². The average Bonchev–Trinajstić information content (AvgIpc) is 2.24. The number of rotatable bonds is 6. The Morgan fingerprint density at radius 2 is 1.74 bits per heavy atom. The van der Waals surface area contributed by atoms with Gasteiger partial charge in [0, 0.05) is 34.4 Å². The van der Waals surface area contributed by atoms with Crippen molar-refractivity contribution in [3.8, 4) is 0 Å². The molecule has 0 aliphatic heterocycles. The average molecular weight is 292 g/mol. The predicted octanol–water partition coefficient (Wildman–Crippen LogP) is 1.24. The number of hydrogen-bond donors (Lipinski definition) is 3. The molecule has 114 valence electrons. The van der Waals surface area contributed by atoms with Crippen molar-refractivity contribution >= 4 is 16.8 Å². The van der Waals surface area contributed by atoms with Crippen LogP contribution in [0.1, 0.15) is 41.5 Å². The molecule has 0 fully saturated rings. The zero-order valence-corrected chi connectivity index (χ0v) is 13.7. The Balaban J connectivity index is 3.93. The van der Waals surface area contributed by atoms with E-state index in [-0.39, 0.29) is 23.2 Å². The molecule has 0 aromatic carbocycles. The lowest BCUT2D eigenvalue weighted by atomic mass is 9.93. The normalized spacial score (nSPS) is 16.8. The lowest BCUT2D eigenvalue weighted by Crippen LogP contribution is -2.48. The highest BCUT2D eigenvalue weighted by Gasteiger charge is 2.25. The number of carbonyl (C=O) groups is 1. The molecule has 0 bridgehead atoms. The number of carbonyl (C=O) groups excluding carboxylic acids is 1. The number of nitrogens with one attached hydrogen (secondary N) is 2. The highest BCUT2D eigenvalue weighted by molar-refractivity contribution is 7.86. The molecule has 0 aliphatic rings. The Morgan fingerprint density at radius 1 is 1.21 bits per heavy atom. The summed E-state index contributed by atoms with van der Waals surface area (Å²) >= 11 is 0. The Hall–Kier alpha value is -0.620. The molecule has 0 radical (unpaired) electrons. The van der Waals surface area contributed by atoms with Crippen molar-refractivity contribution in [1.29, 1.82) is 0 Å². The molecule has 5 nitrogen and oxygen atoms in total. The van der Waals surface area contributed by atoms with Crippen molar-refractivity contribution in [3.05, 3.63) is 0 Å². The number of amides is 2. The van der Waals surface area contributed by atoms with Gasteiger partial charge in [0.05, 0.1) is 5.60 Å². The monoisotopic (exact) mass is 292 g/mol. The van der Waals surface area contributed by atoms with Crippen LogP contribution >= 0.6 is 0 Å². The van der Waals surface area contributed by atoms with E-state index in [1.54, 1.807) is 6.92 Å². The van der Waals surface area contributed by atoms with Crippen LogP contribution in [0.4, 0.5) is 4.79 Å². The molecule has 0 rings (SSSR count). The standard InChI is InChI=1S/C13H28N2O3S/c1-10(2)13(6,17)9-15-11(16)14-7-8-19(18)12(3,4)5/h10,17H,7-9H2,1-6H3,(H2,14,15,16). The zero-order chi connectivity index (χ0) is 15.3. The molecule has 0 saturated heterocycles. The summed E-state index contributed by atoms with van der Waals surface area (Å²) in [4.78, 5) is 11.5. The first kappa shape index (κ1) is 18.4. The molecular formula is C13H28N2O3S. The van der Waals surface area contributed by atoms with Crippen LogP contribution in [0, 0.1) is 5.92 Å². The fraction of sp³-hybridized carbons (Fsp3) is 0.923. The van der Waals surface area contributed by atoms with Gasteiger partial charge in [-0.25, -0.2) is 4.79 Å². The third kappa shape index (κ3) is 7.52. The van der Waals surface area contributed by atoms with Gasteiger partial charge in [0.25, 0.3) is 0 Å². The first-order chi connectivity index (χ1) is 8.47. The summed E-state index contributed by atoms with van der Waals surface area (Å²) in [5.41, 5.74) is -0.925. The van der Waals surface area contributed by atoms with E-state index in [0.29, 0.717) is 12.3 Å². The molecule has 6 heteroatoms. The second-order valence-electron chi connectivity index (χ2n) is 6.28. The van der Waals surface area contributed by atoms with Gasteiger partial charge in [-0.05, 0) is 33.6 Å². The lowest BCUT2D eigenvalue weighted by molar-refractivity contribution is 0.0166. The molecule has 0 spiro atoms. The largest absolute Gasteiger partial charge is 0.388 e. The number of aliphatic hydroxyl groups is 1. The Morgan fingerprint density at radius 3 is 2.16 bits per heavy atom. The smallest absolute Gasteiger partial charge is 0.314 e. The zero-order valence-electron chi connectivity index (χ0n) is 12.9. The van der Waals surface area contributed by atoms with Crippen molar-refractivity contribution in [1.82, 2.24) is 10.6 Å². The molecule has 0 aromatic rings. The molecule has 19 heavy (non-hydrogen) atoms. The summed E-state index contributed by atoms with van der Waals surface area (Å²) in [6, 6.07) is -0.341. The maximum atomic E-state index is 11.8. The van der Waals surface area contributed by atoms with Crippen LogP contribution in [-0.4, -0.2) is 44.5 Å². The van der Waals surface area contributed by atoms with E-state index < -0.39 is 16.4 Å². The minimum Gasteiger partial charge on any atom is -0.388 e. The van der Waals surface area contributed by atoms with Crippen LogP contribution < -0.4 is 10.6 Å². The van der Waals surface area contributed by atoms with Crippen LogP contribution in [0.15, 0.2) is 0 Å². The van der Waals surface area contributed by atoms with Gasteiger partial charge in [-0.15, -0.1) is 0 Å². The van der Waals surface area contributed by atoms with Crippen LogP contribution in [0.25, 0.3) is 0 Å². The molecule has 0 heterocycles. The van der Waals surface area contributed by atoms with Gasteiger partial charge in [0.15, 0.2) is 0 Å². The summed E-state index contributed by atoms with van der Waals surface area (Å²) in [5.74, 6) is 0.485. The molecule has 0 aliphatic carbocycles. The molecule has 2 atom stereocenters.